The third-order valence-corrected chi connectivity index (χ3v) is 4.06. The van der Waals surface area contributed by atoms with E-state index in [0.717, 1.165) is 28.6 Å². The van der Waals surface area contributed by atoms with Crippen LogP contribution in [0.4, 0.5) is 0 Å². The molecule has 2 aromatic rings. The minimum Gasteiger partial charge on any atom is -0.478 e. The van der Waals surface area contributed by atoms with Gasteiger partial charge in [-0.1, -0.05) is 20.8 Å². The van der Waals surface area contributed by atoms with Crippen LogP contribution in [0.2, 0.25) is 0 Å². The molecular formula is C17H23NO3. The van der Waals surface area contributed by atoms with Gasteiger partial charge in [0.15, 0.2) is 0 Å². The molecule has 4 heteroatoms. The second-order valence-electron chi connectivity index (χ2n) is 5.73. The lowest BCUT2D eigenvalue weighted by Crippen LogP contribution is -2.08. The third kappa shape index (κ3) is 2.56. The molecule has 4 nitrogen and oxygen atoms in total. The molecule has 0 spiro atoms. The minimum absolute atomic E-state index is 0.00323. The highest BCUT2D eigenvalue weighted by atomic mass is 16.4. The molecule has 0 aliphatic rings. The van der Waals surface area contributed by atoms with Crippen LogP contribution in [0.1, 0.15) is 53.9 Å². The maximum Gasteiger partial charge on any atom is 0.337 e. The number of aliphatic hydroxyl groups excluding tert-OH is 1. The van der Waals surface area contributed by atoms with Gasteiger partial charge in [0.2, 0.25) is 0 Å². The number of nitrogens with zero attached hydrogens (tertiary/aromatic N) is 1. The summed E-state index contributed by atoms with van der Waals surface area (Å²) in [5.41, 5.74) is 4.31. The van der Waals surface area contributed by atoms with Gasteiger partial charge in [-0.25, -0.2) is 4.79 Å². The molecular weight excluding hydrogens is 266 g/mol. The van der Waals surface area contributed by atoms with Crippen molar-refractivity contribution in [2.24, 2.45) is 0 Å². The van der Waals surface area contributed by atoms with Crippen LogP contribution in [0.15, 0.2) is 12.1 Å². The van der Waals surface area contributed by atoms with Crippen LogP contribution in [0.25, 0.3) is 10.9 Å². The van der Waals surface area contributed by atoms with Crippen molar-refractivity contribution in [1.82, 2.24) is 4.57 Å². The summed E-state index contributed by atoms with van der Waals surface area (Å²) in [5, 5.41) is 19.9. The van der Waals surface area contributed by atoms with E-state index < -0.39 is 5.97 Å². The Morgan fingerprint density at radius 2 is 2.00 bits per heavy atom. The summed E-state index contributed by atoms with van der Waals surface area (Å²) in [6.07, 6.45) is 0.804. The summed E-state index contributed by atoms with van der Waals surface area (Å²) in [4.78, 5) is 11.7. The highest BCUT2D eigenvalue weighted by Crippen LogP contribution is 2.34. The van der Waals surface area contributed by atoms with Crippen LogP contribution >= 0.6 is 0 Å². The van der Waals surface area contributed by atoms with E-state index in [4.69, 9.17) is 0 Å². The highest BCUT2D eigenvalue weighted by Gasteiger charge is 2.22. The first-order valence-electron chi connectivity index (χ1n) is 7.42. The Labute approximate surface area is 125 Å². The van der Waals surface area contributed by atoms with Gasteiger partial charge in [-0.2, -0.15) is 0 Å². The van der Waals surface area contributed by atoms with Crippen molar-refractivity contribution in [2.45, 2.75) is 46.6 Å². The van der Waals surface area contributed by atoms with Gasteiger partial charge in [-0.3, -0.25) is 0 Å². The van der Waals surface area contributed by atoms with Crippen molar-refractivity contribution in [1.29, 1.82) is 0 Å². The van der Waals surface area contributed by atoms with Crippen molar-refractivity contribution < 1.29 is 15.0 Å². The first-order valence-corrected chi connectivity index (χ1v) is 7.42. The second kappa shape index (κ2) is 5.90. The Morgan fingerprint density at radius 3 is 2.48 bits per heavy atom. The van der Waals surface area contributed by atoms with Gasteiger partial charge in [0.25, 0.3) is 0 Å². The smallest absolute Gasteiger partial charge is 0.337 e. The molecule has 1 heterocycles. The van der Waals surface area contributed by atoms with Crippen molar-refractivity contribution >= 4 is 16.9 Å². The number of hydrogen-bond donors (Lipinski definition) is 2. The van der Waals surface area contributed by atoms with Gasteiger partial charge >= 0.3 is 5.97 Å². The lowest BCUT2D eigenvalue weighted by molar-refractivity contribution is 0.0698. The van der Waals surface area contributed by atoms with E-state index >= 15 is 0 Å². The van der Waals surface area contributed by atoms with Crippen molar-refractivity contribution in [3.63, 3.8) is 0 Å². The van der Waals surface area contributed by atoms with Crippen molar-refractivity contribution in [2.75, 3.05) is 6.61 Å². The Hall–Kier alpha value is -1.81. The van der Waals surface area contributed by atoms with Crippen LogP contribution in [0.5, 0.6) is 0 Å². The number of aromatic carboxylic acids is 1. The van der Waals surface area contributed by atoms with E-state index in [1.807, 2.05) is 18.4 Å². The predicted octanol–water partition coefficient (Wildman–Crippen LogP) is 3.33. The van der Waals surface area contributed by atoms with Gasteiger partial charge in [0.1, 0.15) is 0 Å². The van der Waals surface area contributed by atoms with Gasteiger partial charge in [-0.05, 0) is 42.5 Å². The third-order valence-electron chi connectivity index (χ3n) is 4.06. The molecule has 21 heavy (non-hydrogen) atoms. The number of carboxylic acids is 1. The molecule has 0 saturated carbocycles. The average Bonchev–Trinajstić information content (AvgIpc) is 2.70. The number of rotatable bonds is 5. The first kappa shape index (κ1) is 15.6. The van der Waals surface area contributed by atoms with Crippen molar-refractivity contribution in [3.8, 4) is 0 Å². The van der Waals surface area contributed by atoms with Crippen LogP contribution in [0.3, 0.4) is 0 Å². The van der Waals surface area contributed by atoms with E-state index in [0.29, 0.717) is 18.0 Å². The zero-order chi connectivity index (χ0) is 15.7. The summed E-state index contributed by atoms with van der Waals surface area (Å²) >= 11 is 0. The molecule has 0 unspecified atom stereocenters. The summed E-state index contributed by atoms with van der Waals surface area (Å²) in [5.74, 6) is -0.608. The monoisotopic (exact) mass is 289 g/mol. The first-order chi connectivity index (χ1) is 9.92. The molecule has 2 rings (SSSR count). The highest BCUT2D eigenvalue weighted by molar-refractivity contribution is 6.04. The Bertz CT molecular complexity index is 683. The SMILES string of the molecule is CCc1cc(C(=O)O)c2c(c1)c(C(C)C)c(C)n2CCO. The second-order valence-corrected chi connectivity index (χ2v) is 5.73. The quantitative estimate of drug-likeness (QED) is 0.887. The van der Waals surface area contributed by atoms with Gasteiger partial charge in [0.05, 0.1) is 17.7 Å². The zero-order valence-corrected chi connectivity index (χ0v) is 13.1. The molecule has 0 saturated heterocycles. The number of hydrogen-bond acceptors (Lipinski definition) is 2. The normalized spacial score (nSPS) is 11.5. The van der Waals surface area contributed by atoms with E-state index in [2.05, 4.69) is 19.9 Å². The van der Waals surface area contributed by atoms with E-state index in [9.17, 15) is 15.0 Å². The molecule has 1 aromatic carbocycles. The topological polar surface area (TPSA) is 62.5 Å². The summed E-state index contributed by atoms with van der Waals surface area (Å²) in [6, 6.07) is 3.85. The van der Waals surface area contributed by atoms with E-state index in [1.165, 1.54) is 5.56 Å². The molecule has 0 fully saturated rings. The molecule has 2 N–H and O–H groups in total. The summed E-state index contributed by atoms with van der Waals surface area (Å²) < 4.78 is 1.94. The fourth-order valence-corrected chi connectivity index (χ4v) is 3.17. The zero-order valence-electron chi connectivity index (χ0n) is 13.1. The summed E-state index contributed by atoms with van der Waals surface area (Å²) in [7, 11) is 0. The Balaban J connectivity index is 2.95. The van der Waals surface area contributed by atoms with Crippen LogP contribution in [-0.4, -0.2) is 27.4 Å². The molecule has 0 bridgehead atoms. The fraction of sp³-hybridized carbons (Fsp3) is 0.471. The predicted molar refractivity (Wildman–Crippen MR) is 84.2 cm³/mol. The summed E-state index contributed by atoms with van der Waals surface area (Å²) in [6.45, 7) is 8.67. The lowest BCUT2D eigenvalue weighted by Gasteiger charge is -2.09. The Kier molecular flexibility index (Phi) is 4.37. The van der Waals surface area contributed by atoms with Gasteiger partial charge in [0, 0.05) is 17.6 Å². The number of carbonyl (C=O) groups is 1. The average molecular weight is 289 g/mol. The largest absolute Gasteiger partial charge is 0.478 e. The maximum atomic E-state index is 11.7. The van der Waals surface area contributed by atoms with Gasteiger partial charge in [-0.15, -0.1) is 0 Å². The minimum atomic E-state index is -0.915. The molecule has 114 valence electrons. The molecule has 0 aliphatic carbocycles. The number of aryl methyl sites for hydroxylation is 1. The molecule has 0 atom stereocenters. The molecule has 1 aromatic heterocycles. The number of fused-ring (bicyclic) bond motifs is 1. The number of benzene rings is 1. The molecule has 0 radical (unpaired) electrons. The van der Waals surface area contributed by atoms with Crippen LogP contribution in [-0.2, 0) is 13.0 Å². The Morgan fingerprint density at radius 1 is 1.33 bits per heavy atom. The lowest BCUT2D eigenvalue weighted by atomic mass is 9.96. The van der Waals surface area contributed by atoms with Crippen molar-refractivity contribution in [3.05, 3.63) is 34.5 Å². The van der Waals surface area contributed by atoms with E-state index in [-0.39, 0.29) is 6.61 Å². The fourth-order valence-electron chi connectivity index (χ4n) is 3.17. The number of aliphatic hydroxyl groups is 1. The molecule has 0 aliphatic heterocycles. The van der Waals surface area contributed by atoms with Gasteiger partial charge < -0.3 is 14.8 Å². The maximum absolute atomic E-state index is 11.7. The molecule has 0 amide bonds. The van der Waals surface area contributed by atoms with Crippen LogP contribution < -0.4 is 0 Å². The standard InChI is InChI=1S/C17H23NO3/c1-5-12-8-13-15(10(2)3)11(4)18(6-7-19)16(13)14(9-12)17(20)21/h8-10,19H,5-7H2,1-4H3,(H,20,21). The number of aromatic nitrogens is 1. The number of carboxylic acid groups (broad SMARTS) is 1. The van der Waals surface area contributed by atoms with Crippen LogP contribution in [0, 0.1) is 6.92 Å². The van der Waals surface area contributed by atoms with E-state index in [1.54, 1.807) is 6.07 Å².